The molecule has 5 heterocycles. The third kappa shape index (κ3) is 5.55. The summed E-state index contributed by atoms with van der Waals surface area (Å²) in [6, 6.07) is 12.1. The van der Waals surface area contributed by atoms with Gasteiger partial charge >= 0.3 is 0 Å². The molecule has 3 aromatic heterocycles. The highest BCUT2D eigenvalue weighted by Crippen LogP contribution is 2.27. The molecule has 0 radical (unpaired) electrons. The van der Waals surface area contributed by atoms with Crippen molar-refractivity contribution in [2.45, 2.75) is 45.2 Å². The minimum absolute atomic E-state index is 0.255. The average molecular weight is 496 g/mol. The predicted octanol–water partition coefficient (Wildman–Crippen LogP) is 4.85. The van der Waals surface area contributed by atoms with Crippen LogP contribution in [0.1, 0.15) is 53.8 Å². The molecule has 2 N–H and O–H groups in total. The van der Waals surface area contributed by atoms with Gasteiger partial charge in [0.1, 0.15) is 0 Å². The molecule has 190 valence electrons. The Balaban J connectivity index is 1.17. The largest absolute Gasteiger partial charge is 0.319 e. The number of nitrogens with one attached hydrogen (secondary N) is 2. The molecule has 8 nitrogen and oxygen atoms in total. The van der Waals surface area contributed by atoms with Crippen LogP contribution in [0.25, 0.3) is 22.0 Å². The van der Waals surface area contributed by atoms with Crippen LogP contribution in [-0.2, 0) is 13.1 Å². The first kappa shape index (κ1) is 23.8. The third-order valence-electron chi connectivity index (χ3n) is 7.43. The standard InChI is InChI=1S/C29H33N7O/c37-29(32-24-7-8-25(31-18-24)20-36-12-4-5-13-36)28-26-15-22(6-9-27(26)33-34-28)23-14-21(16-30-17-23)19-35-10-2-1-3-11-35/h6-9,14-18H,1-5,10-13,19-20H2,(H,32,37)(H,33,34). The second-order valence-corrected chi connectivity index (χ2v) is 10.2. The van der Waals surface area contributed by atoms with Crippen LogP contribution >= 0.6 is 0 Å². The fraction of sp³-hybridized carbons (Fsp3) is 0.379. The summed E-state index contributed by atoms with van der Waals surface area (Å²) in [4.78, 5) is 27.1. The van der Waals surface area contributed by atoms with E-state index < -0.39 is 0 Å². The summed E-state index contributed by atoms with van der Waals surface area (Å²) in [6.07, 6.45) is 12.0. The van der Waals surface area contributed by atoms with Gasteiger partial charge in [-0.3, -0.25) is 29.7 Å². The van der Waals surface area contributed by atoms with Crippen molar-refractivity contribution in [3.8, 4) is 11.1 Å². The van der Waals surface area contributed by atoms with Crippen LogP contribution in [0.2, 0.25) is 0 Å². The lowest BCUT2D eigenvalue weighted by Gasteiger charge is -2.26. The van der Waals surface area contributed by atoms with Gasteiger partial charge in [0.05, 0.1) is 23.1 Å². The van der Waals surface area contributed by atoms with E-state index in [1.54, 1.807) is 6.20 Å². The molecule has 2 aliphatic rings. The molecule has 0 saturated carbocycles. The van der Waals surface area contributed by atoms with Crippen molar-refractivity contribution < 1.29 is 4.79 Å². The zero-order chi connectivity index (χ0) is 25.0. The Kier molecular flexibility index (Phi) is 6.92. The van der Waals surface area contributed by atoms with Gasteiger partial charge in [0.25, 0.3) is 5.91 Å². The minimum Gasteiger partial charge on any atom is -0.319 e. The lowest BCUT2D eigenvalue weighted by Crippen LogP contribution is -2.29. The van der Waals surface area contributed by atoms with Crippen molar-refractivity contribution in [2.24, 2.45) is 0 Å². The summed E-state index contributed by atoms with van der Waals surface area (Å²) in [7, 11) is 0. The number of carbonyl (C=O) groups is 1. The number of nitrogens with zero attached hydrogens (tertiary/aromatic N) is 5. The number of aromatic amines is 1. The zero-order valence-corrected chi connectivity index (χ0v) is 21.1. The summed E-state index contributed by atoms with van der Waals surface area (Å²) in [5.41, 5.74) is 6.15. The van der Waals surface area contributed by atoms with E-state index in [1.165, 1.54) is 37.7 Å². The Morgan fingerprint density at radius 3 is 2.41 bits per heavy atom. The number of aromatic nitrogens is 4. The van der Waals surface area contributed by atoms with Gasteiger partial charge in [-0.05, 0) is 93.3 Å². The van der Waals surface area contributed by atoms with E-state index in [1.807, 2.05) is 42.7 Å². The van der Waals surface area contributed by atoms with Gasteiger partial charge < -0.3 is 5.32 Å². The number of likely N-dealkylation sites (tertiary alicyclic amines) is 2. The number of benzene rings is 1. The molecule has 8 heteroatoms. The molecule has 4 aromatic rings. The first-order valence-electron chi connectivity index (χ1n) is 13.3. The van der Waals surface area contributed by atoms with Crippen molar-refractivity contribution in [2.75, 3.05) is 31.5 Å². The Morgan fingerprint density at radius 1 is 0.838 bits per heavy atom. The van der Waals surface area contributed by atoms with Crippen molar-refractivity contribution >= 4 is 22.5 Å². The summed E-state index contributed by atoms with van der Waals surface area (Å²) in [5.74, 6) is -0.255. The Labute approximate surface area is 217 Å². The van der Waals surface area contributed by atoms with Gasteiger partial charge in [0, 0.05) is 36.4 Å². The van der Waals surface area contributed by atoms with Gasteiger partial charge in [-0.25, -0.2) is 0 Å². The highest BCUT2D eigenvalue weighted by atomic mass is 16.1. The average Bonchev–Trinajstić information content (AvgIpc) is 3.60. The molecule has 0 unspecified atom stereocenters. The van der Waals surface area contributed by atoms with E-state index >= 15 is 0 Å². The number of rotatable bonds is 7. The summed E-state index contributed by atoms with van der Waals surface area (Å²) in [6.45, 7) is 6.35. The molecule has 2 fully saturated rings. The van der Waals surface area contributed by atoms with Gasteiger partial charge in [-0.2, -0.15) is 5.10 Å². The normalized spacial score (nSPS) is 16.9. The molecule has 0 bridgehead atoms. The molecule has 37 heavy (non-hydrogen) atoms. The predicted molar refractivity (Wildman–Crippen MR) is 145 cm³/mol. The van der Waals surface area contributed by atoms with Crippen LogP contribution < -0.4 is 5.32 Å². The highest BCUT2D eigenvalue weighted by molar-refractivity contribution is 6.11. The smallest absolute Gasteiger partial charge is 0.276 e. The van der Waals surface area contributed by atoms with Gasteiger partial charge in [0.15, 0.2) is 5.69 Å². The first-order valence-corrected chi connectivity index (χ1v) is 13.3. The number of anilines is 1. The quantitative estimate of drug-likeness (QED) is 0.381. The highest BCUT2D eigenvalue weighted by Gasteiger charge is 2.17. The Morgan fingerprint density at radius 2 is 1.62 bits per heavy atom. The fourth-order valence-electron chi connectivity index (χ4n) is 5.43. The van der Waals surface area contributed by atoms with Crippen LogP contribution in [0, 0.1) is 0 Å². The zero-order valence-electron chi connectivity index (χ0n) is 21.1. The van der Waals surface area contributed by atoms with Crippen molar-refractivity contribution in [3.05, 3.63) is 71.9 Å². The molecule has 1 aromatic carbocycles. The lowest BCUT2D eigenvalue weighted by molar-refractivity contribution is 0.102. The molecule has 2 aliphatic heterocycles. The number of H-pyrrole nitrogens is 1. The Hall–Kier alpha value is -3.62. The second-order valence-electron chi connectivity index (χ2n) is 10.2. The molecule has 1 amide bonds. The monoisotopic (exact) mass is 495 g/mol. The van der Waals surface area contributed by atoms with Crippen LogP contribution in [0.5, 0.6) is 0 Å². The van der Waals surface area contributed by atoms with Gasteiger partial charge in [-0.15, -0.1) is 0 Å². The van der Waals surface area contributed by atoms with E-state index in [4.69, 9.17) is 0 Å². The van der Waals surface area contributed by atoms with E-state index in [9.17, 15) is 4.79 Å². The van der Waals surface area contributed by atoms with E-state index in [0.717, 1.165) is 67.0 Å². The topological polar surface area (TPSA) is 90.0 Å². The van der Waals surface area contributed by atoms with E-state index in [0.29, 0.717) is 11.4 Å². The van der Waals surface area contributed by atoms with Crippen molar-refractivity contribution in [1.82, 2.24) is 30.0 Å². The molecule has 2 saturated heterocycles. The number of amides is 1. The first-order chi connectivity index (χ1) is 18.2. The maximum absolute atomic E-state index is 13.1. The van der Waals surface area contributed by atoms with E-state index in [-0.39, 0.29) is 5.91 Å². The summed E-state index contributed by atoms with van der Waals surface area (Å²) < 4.78 is 0. The van der Waals surface area contributed by atoms with Gasteiger partial charge in [-0.1, -0.05) is 12.5 Å². The summed E-state index contributed by atoms with van der Waals surface area (Å²) >= 11 is 0. The maximum atomic E-state index is 13.1. The van der Waals surface area contributed by atoms with E-state index in [2.05, 4.69) is 41.3 Å². The minimum atomic E-state index is -0.255. The Bertz CT molecular complexity index is 1370. The third-order valence-corrected chi connectivity index (χ3v) is 7.43. The van der Waals surface area contributed by atoms with Crippen LogP contribution in [-0.4, -0.2) is 62.1 Å². The van der Waals surface area contributed by atoms with Crippen LogP contribution in [0.15, 0.2) is 55.0 Å². The van der Waals surface area contributed by atoms with Crippen molar-refractivity contribution in [1.29, 1.82) is 0 Å². The molecular weight excluding hydrogens is 462 g/mol. The van der Waals surface area contributed by atoms with Crippen molar-refractivity contribution in [3.63, 3.8) is 0 Å². The molecule has 0 aliphatic carbocycles. The molecule has 0 atom stereocenters. The summed E-state index contributed by atoms with van der Waals surface area (Å²) in [5, 5.41) is 11.1. The second kappa shape index (κ2) is 10.8. The number of piperidine rings is 1. The van der Waals surface area contributed by atoms with Crippen LogP contribution in [0.3, 0.4) is 0 Å². The maximum Gasteiger partial charge on any atom is 0.276 e. The lowest BCUT2D eigenvalue weighted by atomic mass is 10.0. The number of fused-ring (bicyclic) bond motifs is 1. The fourth-order valence-corrected chi connectivity index (χ4v) is 5.43. The van der Waals surface area contributed by atoms with Gasteiger partial charge in [0.2, 0.25) is 0 Å². The number of hydrogen-bond donors (Lipinski definition) is 2. The molecule has 6 rings (SSSR count). The number of hydrogen-bond acceptors (Lipinski definition) is 6. The van der Waals surface area contributed by atoms with Crippen LogP contribution in [0.4, 0.5) is 5.69 Å². The number of carbonyl (C=O) groups excluding carboxylic acids is 1. The molecule has 0 spiro atoms. The molecular formula is C29H33N7O. The SMILES string of the molecule is O=C(Nc1ccc(CN2CCCC2)nc1)c1n[nH]c2ccc(-c3cncc(CN4CCCCC4)c3)cc12. The number of pyridine rings is 2.